The smallest absolute Gasteiger partial charge is 0.314 e. The summed E-state index contributed by atoms with van der Waals surface area (Å²) in [6, 6.07) is 7.99. The highest BCUT2D eigenvalue weighted by Gasteiger charge is 2.28. The summed E-state index contributed by atoms with van der Waals surface area (Å²) in [4.78, 5) is 27.0. The molecule has 1 aromatic carbocycles. The lowest BCUT2D eigenvalue weighted by atomic mass is 9.95. The van der Waals surface area contributed by atoms with Crippen LogP contribution in [0.2, 0.25) is 0 Å². The minimum absolute atomic E-state index is 0.00415. The number of carbonyl (C=O) groups is 2. The van der Waals surface area contributed by atoms with Crippen LogP contribution in [0.3, 0.4) is 0 Å². The van der Waals surface area contributed by atoms with Gasteiger partial charge >= 0.3 is 6.03 Å². The first-order chi connectivity index (χ1) is 10.5. The Morgan fingerprint density at radius 1 is 1.18 bits per heavy atom. The second kappa shape index (κ2) is 7.29. The van der Waals surface area contributed by atoms with Crippen LogP contribution in [0.5, 0.6) is 0 Å². The summed E-state index contributed by atoms with van der Waals surface area (Å²) < 4.78 is 0. The predicted octanol–water partition coefficient (Wildman–Crippen LogP) is 2.00. The van der Waals surface area contributed by atoms with Gasteiger partial charge in [-0.2, -0.15) is 0 Å². The van der Waals surface area contributed by atoms with Crippen LogP contribution in [0.25, 0.3) is 0 Å². The zero-order valence-corrected chi connectivity index (χ0v) is 13.4. The minimum Gasteiger partial charge on any atom is -0.351 e. The molecule has 2 rings (SSSR count). The van der Waals surface area contributed by atoms with E-state index < -0.39 is 6.03 Å². The Bertz CT molecular complexity index is 519. The molecular weight excluding hydrogens is 278 g/mol. The van der Waals surface area contributed by atoms with Crippen molar-refractivity contribution in [1.29, 1.82) is 0 Å². The number of nitrogens with two attached hydrogens (primary N) is 1. The van der Waals surface area contributed by atoms with Crippen molar-refractivity contribution in [3.63, 3.8) is 0 Å². The largest absolute Gasteiger partial charge is 0.351 e. The summed E-state index contributed by atoms with van der Waals surface area (Å²) in [5.74, 6) is 0.152. The van der Waals surface area contributed by atoms with Crippen LogP contribution in [0, 0.1) is 5.92 Å². The number of hydrogen-bond acceptors (Lipinski definition) is 2. The van der Waals surface area contributed by atoms with Crippen molar-refractivity contribution < 1.29 is 9.59 Å². The van der Waals surface area contributed by atoms with Crippen molar-refractivity contribution in [3.8, 4) is 0 Å². The van der Waals surface area contributed by atoms with E-state index in [0.717, 1.165) is 12.0 Å². The molecule has 0 atom stereocenters. The van der Waals surface area contributed by atoms with Gasteiger partial charge < -0.3 is 15.5 Å². The van der Waals surface area contributed by atoms with Crippen molar-refractivity contribution in [2.45, 2.75) is 32.7 Å². The summed E-state index contributed by atoms with van der Waals surface area (Å²) in [7, 11) is 1.84. The minimum atomic E-state index is -0.393. The summed E-state index contributed by atoms with van der Waals surface area (Å²) >= 11 is 0. The lowest BCUT2D eigenvalue weighted by Gasteiger charge is -2.32. The predicted molar refractivity (Wildman–Crippen MR) is 86.2 cm³/mol. The quantitative estimate of drug-likeness (QED) is 0.924. The van der Waals surface area contributed by atoms with E-state index in [2.05, 4.69) is 31.2 Å². The highest BCUT2D eigenvalue weighted by atomic mass is 16.2. The van der Waals surface area contributed by atoms with Crippen LogP contribution in [0.4, 0.5) is 4.79 Å². The van der Waals surface area contributed by atoms with Crippen LogP contribution in [-0.4, -0.2) is 41.9 Å². The molecule has 1 aromatic rings. The molecule has 1 heterocycles. The molecule has 5 nitrogen and oxygen atoms in total. The molecule has 120 valence electrons. The Labute approximate surface area is 132 Å². The first-order valence-corrected chi connectivity index (χ1v) is 7.88. The van der Waals surface area contributed by atoms with Crippen molar-refractivity contribution in [2.24, 2.45) is 11.7 Å². The van der Waals surface area contributed by atoms with Gasteiger partial charge in [0.05, 0.1) is 0 Å². The van der Waals surface area contributed by atoms with Gasteiger partial charge in [-0.05, 0) is 30.4 Å². The standard InChI is InChI=1S/C17H25N3O2/c1-3-13-4-6-14(7-5-13)12-19(2)16(21)15-8-10-20(11-9-15)17(18)22/h4-7,15H,3,8-12H2,1-2H3,(H2,18,22). The second-order valence-electron chi connectivity index (χ2n) is 5.96. The molecule has 1 saturated heterocycles. The van der Waals surface area contributed by atoms with Crippen molar-refractivity contribution in [2.75, 3.05) is 20.1 Å². The van der Waals surface area contributed by atoms with Crippen molar-refractivity contribution in [3.05, 3.63) is 35.4 Å². The van der Waals surface area contributed by atoms with Gasteiger partial charge in [0.15, 0.2) is 0 Å². The third-order valence-electron chi connectivity index (χ3n) is 4.38. The fourth-order valence-corrected chi connectivity index (χ4v) is 2.89. The highest BCUT2D eigenvalue weighted by molar-refractivity contribution is 5.79. The molecule has 0 radical (unpaired) electrons. The maximum atomic E-state index is 12.5. The van der Waals surface area contributed by atoms with E-state index in [0.29, 0.717) is 32.5 Å². The van der Waals surface area contributed by atoms with E-state index in [9.17, 15) is 9.59 Å². The van der Waals surface area contributed by atoms with E-state index in [-0.39, 0.29) is 11.8 Å². The molecule has 0 aromatic heterocycles. The number of amides is 3. The molecule has 0 unspecified atom stereocenters. The number of benzene rings is 1. The van der Waals surface area contributed by atoms with E-state index in [1.807, 2.05) is 7.05 Å². The zero-order valence-electron chi connectivity index (χ0n) is 13.4. The first-order valence-electron chi connectivity index (χ1n) is 7.88. The van der Waals surface area contributed by atoms with Gasteiger partial charge in [-0.1, -0.05) is 31.2 Å². The fraction of sp³-hybridized carbons (Fsp3) is 0.529. The normalized spacial score (nSPS) is 15.6. The van der Waals surface area contributed by atoms with Crippen molar-refractivity contribution >= 4 is 11.9 Å². The van der Waals surface area contributed by atoms with E-state index in [1.165, 1.54) is 5.56 Å². The maximum absolute atomic E-state index is 12.5. The molecule has 2 N–H and O–H groups in total. The van der Waals surface area contributed by atoms with Crippen molar-refractivity contribution in [1.82, 2.24) is 9.80 Å². The Morgan fingerprint density at radius 3 is 2.23 bits per heavy atom. The van der Waals surface area contributed by atoms with Gasteiger partial charge in [-0.15, -0.1) is 0 Å². The third kappa shape index (κ3) is 4.00. The molecule has 1 aliphatic rings. The molecule has 1 aliphatic heterocycles. The molecule has 0 bridgehead atoms. The van der Waals surface area contributed by atoms with Crippen LogP contribution >= 0.6 is 0 Å². The molecule has 0 saturated carbocycles. The molecule has 5 heteroatoms. The average Bonchev–Trinajstić information content (AvgIpc) is 2.55. The fourth-order valence-electron chi connectivity index (χ4n) is 2.89. The average molecular weight is 303 g/mol. The zero-order chi connectivity index (χ0) is 16.1. The Morgan fingerprint density at radius 2 is 1.73 bits per heavy atom. The van der Waals surface area contributed by atoms with Gasteiger partial charge in [0.2, 0.25) is 5.91 Å². The van der Waals surface area contributed by atoms with E-state index >= 15 is 0 Å². The SMILES string of the molecule is CCc1ccc(CN(C)C(=O)C2CCN(C(N)=O)CC2)cc1. The van der Waals surface area contributed by atoms with Gasteiger partial charge in [0.1, 0.15) is 0 Å². The molecular formula is C17H25N3O2. The Kier molecular flexibility index (Phi) is 5.41. The summed E-state index contributed by atoms with van der Waals surface area (Å²) in [5, 5.41) is 0. The molecule has 22 heavy (non-hydrogen) atoms. The number of rotatable bonds is 4. The Balaban J connectivity index is 1.88. The third-order valence-corrected chi connectivity index (χ3v) is 4.38. The van der Waals surface area contributed by atoms with Crippen LogP contribution < -0.4 is 5.73 Å². The topological polar surface area (TPSA) is 66.6 Å². The summed E-state index contributed by atoms with van der Waals surface area (Å²) in [6.07, 6.45) is 2.41. The number of nitrogens with zero attached hydrogens (tertiary/aromatic N) is 2. The van der Waals surface area contributed by atoms with E-state index in [1.54, 1.807) is 9.80 Å². The van der Waals surface area contributed by atoms with Crippen LogP contribution in [-0.2, 0) is 17.8 Å². The highest BCUT2D eigenvalue weighted by Crippen LogP contribution is 2.20. The number of urea groups is 1. The first kappa shape index (κ1) is 16.3. The number of hydrogen-bond donors (Lipinski definition) is 1. The lowest BCUT2D eigenvalue weighted by Crippen LogP contribution is -2.45. The number of carbonyl (C=O) groups excluding carboxylic acids is 2. The number of primary amides is 1. The van der Waals surface area contributed by atoms with Gasteiger partial charge in [-0.3, -0.25) is 4.79 Å². The number of aryl methyl sites for hydroxylation is 1. The molecule has 1 fully saturated rings. The van der Waals surface area contributed by atoms with E-state index in [4.69, 9.17) is 5.73 Å². The van der Waals surface area contributed by atoms with Gasteiger partial charge in [0, 0.05) is 32.6 Å². The van der Waals surface area contributed by atoms with Gasteiger partial charge in [-0.25, -0.2) is 4.79 Å². The van der Waals surface area contributed by atoms with Crippen LogP contribution in [0.1, 0.15) is 30.9 Å². The number of piperidine rings is 1. The lowest BCUT2D eigenvalue weighted by molar-refractivity contribution is -0.136. The molecule has 0 spiro atoms. The second-order valence-corrected chi connectivity index (χ2v) is 5.96. The Hall–Kier alpha value is -2.04. The summed E-state index contributed by atoms with van der Waals surface area (Å²) in [5.41, 5.74) is 7.71. The molecule has 0 aliphatic carbocycles. The maximum Gasteiger partial charge on any atom is 0.314 e. The summed E-state index contributed by atoms with van der Waals surface area (Å²) in [6.45, 7) is 3.90. The van der Waals surface area contributed by atoms with Gasteiger partial charge in [0.25, 0.3) is 0 Å². The van der Waals surface area contributed by atoms with Crippen LogP contribution in [0.15, 0.2) is 24.3 Å². The number of likely N-dealkylation sites (tertiary alicyclic amines) is 1. The monoisotopic (exact) mass is 303 g/mol. The molecule has 3 amide bonds.